The van der Waals surface area contributed by atoms with Crippen LogP contribution in [0, 0.1) is 0 Å². The molecule has 0 saturated carbocycles. The minimum Gasteiger partial charge on any atom is -0.302 e. The number of hydrogen-bond acceptors (Lipinski definition) is 2. The molecule has 23 heavy (non-hydrogen) atoms. The number of benzene rings is 2. The van der Waals surface area contributed by atoms with Gasteiger partial charge in [0.2, 0.25) is 0 Å². The largest absolute Gasteiger partial charge is 0.302 e. The van der Waals surface area contributed by atoms with Crippen molar-refractivity contribution in [3.8, 4) is 0 Å². The molecular weight excluding hydrogens is 284 g/mol. The molecule has 0 bridgehead atoms. The van der Waals surface area contributed by atoms with E-state index in [-0.39, 0.29) is 10.8 Å². The highest BCUT2D eigenvalue weighted by Crippen LogP contribution is 2.47. The summed E-state index contributed by atoms with van der Waals surface area (Å²) in [5, 5.41) is 2.29. The van der Waals surface area contributed by atoms with Crippen molar-refractivity contribution in [3.63, 3.8) is 0 Å². The summed E-state index contributed by atoms with van der Waals surface area (Å²) in [5.41, 5.74) is 3.94. The fraction of sp³-hybridized carbons (Fsp3) is 0.429. The molecule has 2 aromatic rings. The SMILES string of the molecule is CC1(C)CCC(C)(C)c2cc3cc(C(C=O)C=O)ccc3cc21. The van der Waals surface area contributed by atoms with Crippen LogP contribution in [0.3, 0.4) is 0 Å². The van der Waals surface area contributed by atoms with Gasteiger partial charge in [-0.25, -0.2) is 0 Å². The first-order chi connectivity index (χ1) is 10.8. The van der Waals surface area contributed by atoms with Crippen LogP contribution < -0.4 is 0 Å². The van der Waals surface area contributed by atoms with E-state index in [1.807, 2.05) is 18.2 Å². The third-order valence-corrected chi connectivity index (χ3v) is 5.51. The van der Waals surface area contributed by atoms with Gasteiger partial charge in [0, 0.05) is 0 Å². The molecule has 0 heterocycles. The van der Waals surface area contributed by atoms with Crippen LogP contribution >= 0.6 is 0 Å². The van der Waals surface area contributed by atoms with Crippen molar-refractivity contribution < 1.29 is 9.59 Å². The summed E-state index contributed by atoms with van der Waals surface area (Å²) in [6.07, 6.45) is 3.78. The predicted molar refractivity (Wildman–Crippen MR) is 94.1 cm³/mol. The molecule has 0 atom stereocenters. The van der Waals surface area contributed by atoms with Gasteiger partial charge in [-0.05, 0) is 57.2 Å². The molecule has 2 aromatic carbocycles. The quantitative estimate of drug-likeness (QED) is 0.610. The van der Waals surface area contributed by atoms with Crippen molar-refractivity contribution in [3.05, 3.63) is 47.0 Å². The van der Waals surface area contributed by atoms with Crippen LogP contribution in [0.15, 0.2) is 30.3 Å². The van der Waals surface area contributed by atoms with Gasteiger partial charge >= 0.3 is 0 Å². The van der Waals surface area contributed by atoms with Crippen LogP contribution in [0.25, 0.3) is 10.8 Å². The maximum Gasteiger partial charge on any atom is 0.134 e. The Hall–Kier alpha value is -1.96. The summed E-state index contributed by atoms with van der Waals surface area (Å²) in [4.78, 5) is 22.1. The van der Waals surface area contributed by atoms with Crippen molar-refractivity contribution in [1.82, 2.24) is 0 Å². The summed E-state index contributed by atoms with van der Waals surface area (Å²) in [7, 11) is 0. The molecular formula is C21H24O2. The van der Waals surface area contributed by atoms with Crippen molar-refractivity contribution in [2.45, 2.75) is 57.3 Å². The summed E-state index contributed by atoms with van der Waals surface area (Å²) in [6.45, 7) is 9.24. The first kappa shape index (κ1) is 15.9. The molecule has 0 spiro atoms. The van der Waals surface area contributed by atoms with Gasteiger partial charge in [-0.1, -0.05) is 52.0 Å². The van der Waals surface area contributed by atoms with Gasteiger partial charge in [-0.15, -0.1) is 0 Å². The van der Waals surface area contributed by atoms with E-state index in [1.165, 1.54) is 29.4 Å². The first-order valence-corrected chi connectivity index (χ1v) is 8.28. The lowest BCUT2D eigenvalue weighted by atomic mass is 9.63. The Bertz CT molecular complexity index is 776. The lowest BCUT2D eigenvalue weighted by Crippen LogP contribution is -2.33. The molecule has 0 amide bonds. The molecule has 0 N–H and O–H groups in total. The fourth-order valence-electron chi connectivity index (χ4n) is 3.73. The molecule has 120 valence electrons. The Morgan fingerprint density at radius 3 is 1.87 bits per heavy atom. The average Bonchev–Trinajstić information content (AvgIpc) is 2.52. The molecule has 2 nitrogen and oxygen atoms in total. The van der Waals surface area contributed by atoms with Gasteiger partial charge in [0.25, 0.3) is 0 Å². The number of carbonyl (C=O) groups is 2. The van der Waals surface area contributed by atoms with E-state index >= 15 is 0 Å². The zero-order chi connectivity index (χ0) is 16.8. The highest BCUT2D eigenvalue weighted by atomic mass is 16.1. The Labute approximate surface area is 137 Å². The van der Waals surface area contributed by atoms with Gasteiger partial charge in [0.15, 0.2) is 0 Å². The molecule has 0 radical (unpaired) electrons. The smallest absolute Gasteiger partial charge is 0.134 e. The van der Waals surface area contributed by atoms with E-state index in [1.54, 1.807) is 0 Å². The monoisotopic (exact) mass is 308 g/mol. The van der Waals surface area contributed by atoms with E-state index in [0.29, 0.717) is 12.6 Å². The average molecular weight is 308 g/mol. The van der Waals surface area contributed by atoms with Crippen LogP contribution in [0.2, 0.25) is 0 Å². The van der Waals surface area contributed by atoms with Gasteiger partial charge in [0.1, 0.15) is 12.6 Å². The second kappa shape index (κ2) is 5.30. The normalized spacial score (nSPS) is 18.7. The molecule has 0 fully saturated rings. The lowest BCUT2D eigenvalue weighted by Gasteiger charge is -2.42. The van der Waals surface area contributed by atoms with Gasteiger partial charge < -0.3 is 9.59 Å². The Morgan fingerprint density at radius 1 is 0.826 bits per heavy atom. The Kier molecular flexibility index (Phi) is 3.66. The van der Waals surface area contributed by atoms with E-state index in [2.05, 4.69) is 39.8 Å². The summed E-state index contributed by atoms with van der Waals surface area (Å²) in [5.74, 6) is -0.667. The van der Waals surface area contributed by atoms with Crippen LogP contribution in [0.4, 0.5) is 0 Å². The maximum absolute atomic E-state index is 11.1. The fourth-order valence-corrected chi connectivity index (χ4v) is 3.73. The second-order valence-corrected chi connectivity index (χ2v) is 8.07. The standard InChI is InChI=1S/C21H24O2/c1-20(2)7-8-21(3,4)19-11-16-9-14(17(12-22)13-23)5-6-15(16)10-18(19)20/h5-6,9-13,17H,7-8H2,1-4H3. The van der Waals surface area contributed by atoms with E-state index < -0.39 is 5.92 Å². The summed E-state index contributed by atoms with van der Waals surface area (Å²) >= 11 is 0. The van der Waals surface area contributed by atoms with Crippen molar-refractivity contribution >= 4 is 23.3 Å². The van der Waals surface area contributed by atoms with Crippen molar-refractivity contribution in [2.24, 2.45) is 0 Å². The highest BCUT2D eigenvalue weighted by molar-refractivity contribution is 5.90. The highest BCUT2D eigenvalue weighted by Gasteiger charge is 2.37. The Balaban J connectivity index is 2.24. The second-order valence-electron chi connectivity index (χ2n) is 8.07. The maximum atomic E-state index is 11.1. The molecule has 0 unspecified atom stereocenters. The van der Waals surface area contributed by atoms with E-state index in [0.717, 1.165) is 10.9 Å². The van der Waals surface area contributed by atoms with Gasteiger partial charge in [-0.3, -0.25) is 0 Å². The van der Waals surface area contributed by atoms with Gasteiger partial charge in [0.05, 0.1) is 5.92 Å². The molecule has 1 aliphatic rings. The van der Waals surface area contributed by atoms with E-state index in [9.17, 15) is 9.59 Å². The molecule has 2 heteroatoms. The molecule has 3 rings (SSSR count). The lowest BCUT2D eigenvalue weighted by molar-refractivity contribution is -0.116. The van der Waals surface area contributed by atoms with Crippen molar-refractivity contribution in [1.29, 1.82) is 0 Å². The van der Waals surface area contributed by atoms with Crippen LogP contribution in [-0.4, -0.2) is 12.6 Å². The zero-order valence-electron chi connectivity index (χ0n) is 14.3. The molecule has 0 saturated heterocycles. The van der Waals surface area contributed by atoms with Crippen LogP contribution in [0.5, 0.6) is 0 Å². The minimum absolute atomic E-state index is 0.157. The number of aldehydes is 2. The summed E-state index contributed by atoms with van der Waals surface area (Å²) < 4.78 is 0. The number of hydrogen-bond donors (Lipinski definition) is 0. The summed E-state index contributed by atoms with van der Waals surface area (Å²) in [6, 6.07) is 10.5. The molecule has 0 aliphatic heterocycles. The number of carbonyl (C=O) groups excluding carboxylic acids is 2. The van der Waals surface area contributed by atoms with E-state index in [4.69, 9.17) is 0 Å². The third kappa shape index (κ3) is 2.60. The third-order valence-electron chi connectivity index (χ3n) is 5.51. The number of fused-ring (bicyclic) bond motifs is 2. The van der Waals surface area contributed by atoms with Crippen LogP contribution in [-0.2, 0) is 20.4 Å². The predicted octanol–water partition coefficient (Wildman–Crippen LogP) is 4.67. The number of rotatable bonds is 3. The van der Waals surface area contributed by atoms with Gasteiger partial charge in [-0.2, -0.15) is 0 Å². The zero-order valence-corrected chi connectivity index (χ0v) is 14.3. The molecule has 0 aromatic heterocycles. The first-order valence-electron chi connectivity index (χ1n) is 8.28. The minimum atomic E-state index is -0.667. The topological polar surface area (TPSA) is 34.1 Å². The molecule has 1 aliphatic carbocycles. The Morgan fingerprint density at radius 2 is 1.35 bits per heavy atom. The van der Waals surface area contributed by atoms with Crippen molar-refractivity contribution in [2.75, 3.05) is 0 Å². The van der Waals surface area contributed by atoms with Crippen LogP contribution in [0.1, 0.15) is 63.1 Å².